The maximum Gasteiger partial charge on any atom is 0.358 e. The molecule has 0 bridgehead atoms. The predicted octanol–water partition coefficient (Wildman–Crippen LogP) is 1.37. The second kappa shape index (κ2) is 6.49. The van der Waals surface area contributed by atoms with Crippen molar-refractivity contribution in [2.24, 2.45) is 5.73 Å². The van der Waals surface area contributed by atoms with Crippen molar-refractivity contribution in [1.82, 2.24) is 15.0 Å². The number of carboxylic acids is 1. The molecule has 2 aromatic rings. The van der Waals surface area contributed by atoms with E-state index >= 15 is 0 Å². The van der Waals surface area contributed by atoms with Gasteiger partial charge in [0.1, 0.15) is 5.82 Å². The number of nitrogens with two attached hydrogens (primary N) is 1. The molecule has 0 atom stereocenters. The number of carbonyl (C=O) groups is 1. The Morgan fingerprint density at radius 2 is 2.10 bits per heavy atom. The van der Waals surface area contributed by atoms with Crippen LogP contribution in [0.3, 0.4) is 0 Å². The van der Waals surface area contributed by atoms with Crippen molar-refractivity contribution in [3.8, 4) is 0 Å². The van der Waals surface area contributed by atoms with Crippen molar-refractivity contribution >= 4 is 17.7 Å². The summed E-state index contributed by atoms with van der Waals surface area (Å²) in [6.07, 6.45) is 0. The number of hydrogen-bond donors (Lipinski definition) is 2. The molecule has 0 saturated heterocycles. The predicted molar refractivity (Wildman–Crippen MR) is 72.0 cm³/mol. The third kappa shape index (κ3) is 3.34. The van der Waals surface area contributed by atoms with E-state index in [1.54, 1.807) is 12.1 Å². The van der Waals surface area contributed by atoms with Gasteiger partial charge in [0.2, 0.25) is 0 Å². The lowest BCUT2D eigenvalue weighted by atomic mass is 10.3. The van der Waals surface area contributed by atoms with Gasteiger partial charge in [-0.25, -0.2) is 13.9 Å². The summed E-state index contributed by atoms with van der Waals surface area (Å²) < 4.78 is 14.2. The first-order valence-electron chi connectivity index (χ1n) is 5.86. The maximum absolute atomic E-state index is 12.7. The van der Waals surface area contributed by atoms with Gasteiger partial charge in [-0.15, -0.1) is 16.9 Å². The number of benzene rings is 1. The average molecular weight is 296 g/mol. The fourth-order valence-electron chi connectivity index (χ4n) is 1.66. The lowest BCUT2D eigenvalue weighted by Gasteiger charge is -2.05. The summed E-state index contributed by atoms with van der Waals surface area (Å²) in [6, 6.07) is 6.17. The highest BCUT2D eigenvalue weighted by Gasteiger charge is 2.17. The SMILES string of the molecule is NCc1c(C(=O)O)nnn1CCSc1ccc(F)cc1. The Bertz CT molecular complexity index is 600. The smallest absolute Gasteiger partial charge is 0.358 e. The van der Waals surface area contributed by atoms with Gasteiger partial charge >= 0.3 is 5.97 Å². The number of aryl methyl sites for hydroxylation is 1. The molecule has 0 aliphatic carbocycles. The van der Waals surface area contributed by atoms with E-state index in [9.17, 15) is 9.18 Å². The van der Waals surface area contributed by atoms with Crippen molar-refractivity contribution in [2.45, 2.75) is 18.0 Å². The van der Waals surface area contributed by atoms with Gasteiger partial charge in [-0.3, -0.25) is 0 Å². The zero-order valence-electron chi connectivity index (χ0n) is 10.5. The fraction of sp³-hybridized carbons (Fsp3) is 0.250. The zero-order chi connectivity index (χ0) is 14.5. The van der Waals surface area contributed by atoms with Crippen LogP contribution in [0.15, 0.2) is 29.2 Å². The Labute approximate surface area is 118 Å². The van der Waals surface area contributed by atoms with Gasteiger partial charge in [0.15, 0.2) is 5.69 Å². The molecule has 0 spiro atoms. The third-order valence-electron chi connectivity index (χ3n) is 2.62. The molecule has 1 heterocycles. The van der Waals surface area contributed by atoms with Gasteiger partial charge in [-0.1, -0.05) is 5.21 Å². The van der Waals surface area contributed by atoms with Crippen LogP contribution in [0, 0.1) is 5.82 Å². The molecule has 106 valence electrons. The number of carboxylic acid groups (broad SMARTS) is 1. The molecular formula is C12H13FN4O2S. The first-order valence-corrected chi connectivity index (χ1v) is 6.84. The number of thioether (sulfide) groups is 1. The molecule has 0 saturated carbocycles. The number of aromatic carboxylic acids is 1. The summed E-state index contributed by atoms with van der Waals surface area (Å²) in [5.41, 5.74) is 5.81. The van der Waals surface area contributed by atoms with Crippen LogP contribution in [0.2, 0.25) is 0 Å². The van der Waals surface area contributed by atoms with E-state index < -0.39 is 5.97 Å². The number of aromatic nitrogens is 3. The van der Waals surface area contributed by atoms with E-state index in [-0.39, 0.29) is 18.1 Å². The standard InChI is InChI=1S/C12H13FN4O2S/c13-8-1-3-9(4-2-8)20-6-5-17-10(7-14)11(12(18)19)15-16-17/h1-4H,5-7,14H2,(H,18,19). The van der Waals surface area contributed by atoms with E-state index in [0.29, 0.717) is 18.0 Å². The summed E-state index contributed by atoms with van der Waals surface area (Å²) >= 11 is 1.52. The number of hydrogen-bond acceptors (Lipinski definition) is 5. The highest BCUT2D eigenvalue weighted by Crippen LogP contribution is 2.18. The van der Waals surface area contributed by atoms with Gasteiger partial charge in [0, 0.05) is 17.2 Å². The van der Waals surface area contributed by atoms with Crippen molar-refractivity contribution in [3.63, 3.8) is 0 Å². The number of rotatable bonds is 6. The summed E-state index contributed by atoms with van der Waals surface area (Å²) in [5, 5.41) is 16.3. The van der Waals surface area contributed by atoms with Gasteiger partial charge < -0.3 is 10.8 Å². The van der Waals surface area contributed by atoms with Gasteiger partial charge in [-0.05, 0) is 24.3 Å². The van der Waals surface area contributed by atoms with Gasteiger partial charge in [0.25, 0.3) is 0 Å². The molecule has 8 heteroatoms. The summed E-state index contributed by atoms with van der Waals surface area (Å²) in [5.74, 6) is -0.758. The molecule has 1 aromatic carbocycles. The summed E-state index contributed by atoms with van der Waals surface area (Å²) in [7, 11) is 0. The van der Waals surface area contributed by atoms with Crippen molar-refractivity contribution in [2.75, 3.05) is 5.75 Å². The largest absolute Gasteiger partial charge is 0.476 e. The Morgan fingerprint density at radius 1 is 1.40 bits per heavy atom. The minimum absolute atomic E-state index is 0.0653. The minimum Gasteiger partial charge on any atom is -0.476 e. The Morgan fingerprint density at radius 3 is 2.70 bits per heavy atom. The van der Waals surface area contributed by atoms with E-state index in [0.717, 1.165) is 4.90 Å². The number of nitrogens with zero attached hydrogens (tertiary/aromatic N) is 3. The minimum atomic E-state index is -1.14. The van der Waals surface area contributed by atoms with Crippen molar-refractivity contribution in [1.29, 1.82) is 0 Å². The third-order valence-corrected chi connectivity index (χ3v) is 3.61. The Hall–Kier alpha value is -1.93. The van der Waals surface area contributed by atoms with Crippen LogP contribution < -0.4 is 5.73 Å². The topological polar surface area (TPSA) is 94.0 Å². The van der Waals surface area contributed by atoms with E-state index in [2.05, 4.69) is 10.3 Å². The molecule has 2 rings (SSSR count). The molecular weight excluding hydrogens is 283 g/mol. The fourth-order valence-corrected chi connectivity index (χ4v) is 2.49. The van der Waals surface area contributed by atoms with Gasteiger partial charge in [-0.2, -0.15) is 0 Å². The molecule has 0 fully saturated rings. The lowest BCUT2D eigenvalue weighted by molar-refractivity contribution is 0.0689. The Balaban J connectivity index is 1.97. The van der Waals surface area contributed by atoms with Crippen molar-refractivity contribution in [3.05, 3.63) is 41.5 Å². The maximum atomic E-state index is 12.7. The van der Waals surface area contributed by atoms with E-state index in [4.69, 9.17) is 10.8 Å². The first kappa shape index (κ1) is 14.5. The highest BCUT2D eigenvalue weighted by molar-refractivity contribution is 7.99. The van der Waals surface area contributed by atoms with E-state index in [1.807, 2.05) is 0 Å². The lowest BCUT2D eigenvalue weighted by Crippen LogP contribution is -2.13. The van der Waals surface area contributed by atoms with Crippen molar-refractivity contribution < 1.29 is 14.3 Å². The van der Waals surface area contributed by atoms with Crippen LogP contribution in [-0.2, 0) is 13.1 Å². The van der Waals surface area contributed by atoms with E-state index in [1.165, 1.54) is 28.6 Å². The van der Waals surface area contributed by atoms with Crippen LogP contribution in [0.4, 0.5) is 4.39 Å². The monoisotopic (exact) mass is 296 g/mol. The van der Waals surface area contributed by atoms with Gasteiger partial charge in [0.05, 0.1) is 12.2 Å². The second-order valence-electron chi connectivity index (χ2n) is 3.92. The molecule has 20 heavy (non-hydrogen) atoms. The Kier molecular flexibility index (Phi) is 4.70. The second-order valence-corrected chi connectivity index (χ2v) is 5.09. The number of halogens is 1. The van der Waals surface area contributed by atoms with Crippen LogP contribution in [0.25, 0.3) is 0 Å². The molecule has 6 nitrogen and oxygen atoms in total. The normalized spacial score (nSPS) is 10.7. The van der Waals surface area contributed by atoms with Crippen LogP contribution in [-0.4, -0.2) is 31.8 Å². The zero-order valence-corrected chi connectivity index (χ0v) is 11.3. The molecule has 0 unspecified atom stereocenters. The molecule has 1 aromatic heterocycles. The molecule has 0 radical (unpaired) electrons. The average Bonchev–Trinajstić information content (AvgIpc) is 2.84. The highest BCUT2D eigenvalue weighted by atomic mass is 32.2. The van der Waals surface area contributed by atoms with Crippen LogP contribution in [0.5, 0.6) is 0 Å². The first-order chi connectivity index (χ1) is 9.61. The van der Waals surface area contributed by atoms with Crippen LogP contribution in [0.1, 0.15) is 16.2 Å². The quantitative estimate of drug-likeness (QED) is 0.782. The molecule has 0 aliphatic rings. The molecule has 0 amide bonds. The molecule has 3 N–H and O–H groups in total. The van der Waals surface area contributed by atoms with Crippen LogP contribution >= 0.6 is 11.8 Å². The summed E-state index contributed by atoms with van der Waals surface area (Å²) in [6.45, 7) is 0.546. The molecule has 0 aliphatic heterocycles. The summed E-state index contributed by atoms with van der Waals surface area (Å²) in [4.78, 5) is 11.8.